The van der Waals surface area contributed by atoms with Crippen molar-refractivity contribution in [3.05, 3.63) is 80.8 Å². The van der Waals surface area contributed by atoms with Crippen LogP contribution in [0, 0.1) is 0 Å². The lowest BCUT2D eigenvalue weighted by Gasteiger charge is -2.22. The highest BCUT2D eigenvalue weighted by Gasteiger charge is 2.49. The number of alkyl halides is 1. The van der Waals surface area contributed by atoms with Crippen molar-refractivity contribution in [3.8, 4) is 11.5 Å². The SMILES string of the molecule is COc1ccc(Cn2c(C3(F)CC3)nc3sc([C@H]4CCCN4C(=O)OCc4ccccc4)nc3c2=O)c(OC)c1. The van der Waals surface area contributed by atoms with E-state index in [1.165, 1.54) is 23.0 Å². The van der Waals surface area contributed by atoms with Crippen LogP contribution < -0.4 is 15.0 Å². The van der Waals surface area contributed by atoms with Crippen molar-refractivity contribution >= 4 is 27.8 Å². The number of ether oxygens (including phenoxy) is 3. The molecule has 4 aromatic rings. The Morgan fingerprint density at radius 3 is 2.65 bits per heavy atom. The average Bonchev–Trinajstić information content (AvgIpc) is 3.36. The van der Waals surface area contributed by atoms with Gasteiger partial charge >= 0.3 is 6.09 Å². The molecule has 9 nitrogen and oxygen atoms in total. The van der Waals surface area contributed by atoms with Crippen LogP contribution in [0.2, 0.25) is 0 Å². The predicted molar refractivity (Wildman–Crippen MR) is 148 cm³/mol. The lowest BCUT2D eigenvalue weighted by atomic mass is 10.1. The van der Waals surface area contributed by atoms with Crippen molar-refractivity contribution < 1.29 is 23.4 Å². The zero-order valence-corrected chi connectivity index (χ0v) is 23.1. The Hall–Kier alpha value is -3.99. The van der Waals surface area contributed by atoms with Crippen LogP contribution in [-0.4, -0.2) is 46.3 Å². The smallest absolute Gasteiger partial charge is 0.410 e. The highest BCUT2D eigenvalue weighted by molar-refractivity contribution is 7.18. The van der Waals surface area contributed by atoms with Crippen LogP contribution in [0.1, 0.15) is 53.7 Å². The molecule has 40 heavy (non-hydrogen) atoms. The molecule has 1 aliphatic carbocycles. The molecule has 208 valence electrons. The molecular weight excluding hydrogens is 535 g/mol. The summed E-state index contributed by atoms with van der Waals surface area (Å²) in [6, 6.07) is 14.4. The van der Waals surface area contributed by atoms with Crippen LogP contribution in [0.5, 0.6) is 11.5 Å². The summed E-state index contributed by atoms with van der Waals surface area (Å²) >= 11 is 1.24. The summed E-state index contributed by atoms with van der Waals surface area (Å²) in [5.74, 6) is 1.23. The number of fused-ring (bicyclic) bond motifs is 1. The van der Waals surface area contributed by atoms with E-state index in [1.54, 1.807) is 30.2 Å². The molecule has 0 bridgehead atoms. The number of methoxy groups -OCH3 is 2. The first-order valence-electron chi connectivity index (χ1n) is 13.2. The van der Waals surface area contributed by atoms with Crippen molar-refractivity contribution in [2.75, 3.05) is 20.8 Å². The summed E-state index contributed by atoms with van der Waals surface area (Å²) in [6.07, 6.45) is 1.66. The maximum atomic E-state index is 15.5. The monoisotopic (exact) mass is 564 g/mol. The van der Waals surface area contributed by atoms with Gasteiger partial charge in [-0.05, 0) is 43.4 Å². The second-order valence-electron chi connectivity index (χ2n) is 10.1. The minimum atomic E-state index is -1.65. The molecule has 1 saturated carbocycles. The molecule has 1 atom stereocenters. The van der Waals surface area contributed by atoms with E-state index in [0.29, 0.717) is 52.7 Å². The zero-order chi connectivity index (χ0) is 27.9. The Labute approximate surface area is 234 Å². The molecule has 0 radical (unpaired) electrons. The topological polar surface area (TPSA) is 95.8 Å². The molecule has 2 aromatic heterocycles. The van der Waals surface area contributed by atoms with E-state index in [2.05, 4.69) is 9.97 Å². The van der Waals surface area contributed by atoms with Crippen molar-refractivity contribution in [3.63, 3.8) is 0 Å². The van der Waals surface area contributed by atoms with E-state index in [9.17, 15) is 9.59 Å². The summed E-state index contributed by atoms with van der Waals surface area (Å²) in [4.78, 5) is 38.1. The molecule has 1 aliphatic heterocycles. The quantitative estimate of drug-likeness (QED) is 0.285. The van der Waals surface area contributed by atoms with Crippen LogP contribution >= 0.6 is 11.3 Å². The van der Waals surface area contributed by atoms with E-state index in [-0.39, 0.29) is 30.5 Å². The van der Waals surface area contributed by atoms with Gasteiger partial charge in [-0.2, -0.15) is 0 Å². The number of carbonyl (C=O) groups excluding carboxylic acids is 1. The Morgan fingerprint density at radius 2 is 1.93 bits per heavy atom. The van der Waals surface area contributed by atoms with E-state index >= 15 is 4.39 Å². The maximum absolute atomic E-state index is 15.5. The number of hydrogen-bond donors (Lipinski definition) is 0. The number of carbonyl (C=O) groups is 1. The minimum absolute atomic E-state index is 0.0736. The fraction of sp³-hybridized carbons (Fsp3) is 0.379. The van der Waals surface area contributed by atoms with Gasteiger partial charge in [0.15, 0.2) is 21.8 Å². The molecular formula is C29H29FN4O5S. The third kappa shape index (κ3) is 4.90. The average molecular weight is 565 g/mol. The first kappa shape index (κ1) is 26.2. The predicted octanol–water partition coefficient (Wildman–Crippen LogP) is 5.35. The molecule has 1 amide bonds. The van der Waals surface area contributed by atoms with Crippen molar-refractivity contribution in [1.29, 1.82) is 0 Å². The van der Waals surface area contributed by atoms with Gasteiger partial charge in [0.25, 0.3) is 5.56 Å². The fourth-order valence-electron chi connectivity index (χ4n) is 5.09. The second kappa shape index (κ2) is 10.5. The number of likely N-dealkylation sites (tertiary alicyclic amines) is 1. The minimum Gasteiger partial charge on any atom is -0.497 e. The molecule has 2 aliphatic rings. The molecule has 0 N–H and O–H groups in total. The van der Waals surface area contributed by atoms with Gasteiger partial charge in [-0.1, -0.05) is 41.7 Å². The third-order valence-corrected chi connectivity index (χ3v) is 8.48. The Kier molecular flexibility index (Phi) is 6.91. The van der Waals surface area contributed by atoms with Gasteiger partial charge < -0.3 is 14.2 Å². The lowest BCUT2D eigenvalue weighted by molar-refractivity contribution is 0.0920. The largest absolute Gasteiger partial charge is 0.497 e. The first-order valence-corrected chi connectivity index (χ1v) is 14.0. The highest BCUT2D eigenvalue weighted by Crippen LogP contribution is 2.49. The number of nitrogens with zero attached hydrogens (tertiary/aromatic N) is 4. The standard InChI is InChI=1S/C29H29FN4O5S/c1-37-20-11-10-19(22(15-20)38-2)16-34-26(35)23-25(32-27(34)29(30)12-13-29)40-24(31-23)21-9-6-14-33(21)28(36)39-17-18-7-4-3-5-8-18/h3-5,7-8,10-11,15,21H,6,9,12-14,16-17H2,1-2H3/t21-/m1/s1. The fourth-order valence-corrected chi connectivity index (χ4v) is 6.16. The Bertz CT molecular complexity index is 1620. The van der Waals surface area contributed by atoms with Crippen LogP contribution in [0.4, 0.5) is 9.18 Å². The van der Waals surface area contributed by atoms with Crippen LogP contribution in [-0.2, 0) is 23.6 Å². The van der Waals surface area contributed by atoms with E-state index in [0.717, 1.165) is 12.0 Å². The number of rotatable bonds is 8. The number of aromatic nitrogens is 3. The van der Waals surface area contributed by atoms with Crippen LogP contribution in [0.15, 0.2) is 53.3 Å². The highest BCUT2D eigenvalue weighted by atomic mass is 32.1. The molecule has 6 rings (SSSR count). The summed E-state index contributed by atoms with van der Waals surface area (Å²) < 4.78 is 33.3. The molecule has 0 unspecified atom stereocenters. The zero-order valence-electron chi connectivity index (χ0n) is 22.3. The summed E-state index contributed by atoms with van der Waals surface area (Å²) in [7, 11) is 3.09. The number of benzene rings is 2. The molecule has 2 fully saturated rings. The van der Waals surface area contributed by atoms with Crippen LogP contribution in [0.3, 0.4) is 0 Å². The summed E-state index contributed by atoms with van der Waals surface area (Å²) in [6.45, 7) is 0.776. The number of halogens is 1. The maximum Gasteiger partial charge on any atom is 0.410 e. The van der Waals surface area contributed by atoms with Gasteiger partial charge in [-0.15, -0.1) is 0 Å². The van der Waals surface area contributed by atoms with Gasteiger partial charge in [0.2, 0.25) is 0 Å². The molecule has 0 spiro atoms. The van der Waals surface area contributed by atoms with E-state index in [4.69, 9.17) is 14.2 Å². The number of thiazole rings is 1. The number of hydrogen-bond acceptors (Lipinski definition) is 8. The van der Waals surface area contributed by atoms with Gasteiger partial charge in [0, 0.05) is 18.2 Å². The third-order valence-electron chi connectivity index (χ3n) is 7.43. The van der Waals surface area contributed by atoms with E-state index < -0.39 is 17.3 Å². The molecule has 11 heteroatoms. The van der Waals surface area contributed by atoms with Crippen molar-refractivity contribution in [2.45, 2.75) is 50.5 Å². The van der Waals surface area contributed by atoms with Gasteiger partial charge in [-0.25, -0.2) is 19.2 Å². The molecule has 1 saturated heterocycles. The van der Waals surface area contributed by atoms with E-state index in [1.807, 2.05) is 30.3 Å². The normalized spacial score (nSPS) is 17.7. The summed E-state index contributed by atoms with van der Waals surface area (Å²) in [5.41, 5.74) is -0.309. The van der Waals surface area contributed by atoms with Gasteiger partial charge in [-0.3, -0.25) is 14.3 Å². The Morgan fingerprint density at radius 1 is 1.12 bits per heavy atom. The van der Waals surface area contributed by atoms with Crippen LogP contribution in [0.25, 0.3) is 10.3 Å². The first-order chi connectivity index (χ1) is 19.4. The number of amides is 1. The second-order valence-corrected chi connectivity index (χ2v) is 11.1. The van der Waals surface area contributed by atoms with Crippen molar-refractivity contribution in [1.82, 2.24) is 19.4 Å². The van der Waals surface area contributed by atoms with Gasteiger partial charge in [0.05, 0.1) is 26.8 Å². The summed E-state index contributed by atoms with van der Waals surface area (Å²) in [5, 5.41) is 0.600. The lowest BCUT2D eigenvalue weighted by Crippen LogP contribution is -2.31. The molecule has 2 aromatic carbocycles. The van der Waals surface area contributed by atoms with Gasteiger partial charge in [0.1, 0.15) is 23.1 Å². The Balaban J connectivity index is 1.33. The molecule has 3 heterocycles. The van der Waals surface area contributed by atoms with Crippen molar-refractivity contribution in [2.24, 2.45) is 0 Å².